The maximum Gasteiger partial charge on any atom is 0.161 e. The number of carbonyl (C=O) groups excluding carboxylic acids is 1. The zero-order chi connectivity index (χ0) is 12.1. The molecule has 0 aliphatic heterocycles. The van der Waals surface area contributed by atoms with Gasteiger partial charge in [0.2, 0.25) is 0 Å². The van der Waals surface area contributed by atoms with E-state index < -0.39 is 6.10 Å². The van der Waals surface area contributed by atoms with Crippen molar-refractivity contribution in [2.75, 3.05) is 0 Å². The van der Waals surface area contributed by atoms with Gasteiger partial charge in [-0.2, -0.15) is 0 Å². The van der Waals surface area contributed by atoms with Crippen LogP contribution in [0.3, 0.4) is 0 Å². The molecule has 0 aromatic heterocycles. The second-order valence-electron chi connectivity index (χ2n) is 4.45. The van der Waals surface area contributed by atoms with Gasteiger partial charge in [0.1, 0.15) is 11.9 Å². The van der Waals surface area contributed by atoms with E-state index in [0.717, 1.165) is 5.56 Å². The topological polar surface area (TPSA) is 57.5 Å². The summed E-state index contributed by atoms with van der Waals surface area (Å²) < 4.78 is 0. The van der Waals surface area contributed by atoms with Crippen molar-refractivity contribution >= 4 is 5.78 Å². The van der Waals surface area contributed by atoms with E-state index in [1.54, 1.807) is 24.3 Å². The molecular weight excluding hydrogens is 204 g/mol. The highest BCUT2D eigenvalue weighted by molar-refractivity contribution is 5.83. The van der Waals surface area contributed by atoms with Crippen LogP contribution in [0.25, 0.3) is 0 Å². The Morgan fingerprint density at radius 1 is 1.25 bits per heavy atom. The molecule has 2 N–H and O–H groups in total. The Morgan fingerprint density at radius 3 is 2.31 bits per heavy atom. The van der Waals surface area contributed by atoms with Gasteiger partial charge in [-0.15, -0.1) is 0 Å². The average molecular weight is 222 g/mol. The third kappa shape index (κ3) is 4.03. The highest BCUT2D eigenvalue weighted by Crippen LogP contribution is 2.13. The summed E-state index contributed by atoms with van der Waals surface area (Å²) in [5.41, 5.74) is 0.849. The number of carbonyl (C=O) groups is 1. The van der Waals surface area contributed by atoms with Crippen LogP contribution in [-0.2, 0) is 11.2 Å². The summed E-state index contributed by atoms with van der Waals surface area (Å²) in [6, 6.07) is 6.52. The zero-order valence-electron chi connectivity index (χ0n) is 9.68. The van der Waals surface area contributed by atoms with E-state index in [4.69, 9.17) is 5.11 Å². The van der Waals surface area contributed by atoms with Crippen LogP contribution in [-0.4, -0.2) is 22.1 Å². The van der Waals surface area contributed by atoms with Crippen LogP contribution in [0.15, 0.2) is 24.3 Å². The molecule has 1 atom stereocenters. The Kier molecular flexibility index (Phi) is 4.50. The van der Waals surface area contributed by atoms with Crippen LogP contribution >= 0.6 is 0 Å². The lowest BCUT2D eigenvalue weighted by molar-refractivity contribution is -0.127. The first-order chi connectivity index (χ1) is 7.49. The Labute approximate surface area is 95.7 Å². The second-order valence-corrected chi connectivity index (χ2v) is 4.45. The number of aliphatic hydroxyl groups excluding tert-OH is 1. The minimum absolute atomic E-state index is 0.122. The molecule has 0 saturated heterocycles. The number of hydrogen-bond donors (Lipinski definition) is 2. The van der Waals surface area contributed by atoms with Gasteiger partial charge in [0.05, 0.1) is 0 Å². The Balaban J connectivity index is 2.53. The molecule has 0 spiro atoms. The van der Waals surface area contributed by atoms with E-state index in [1.807, 2.05) is 13.8 Å². The molecular formula is C13H18O3. The minimum atomic E-state index is -0.938. The van der Waals surface area contributed by atoms with Crippen molar-refractivity contribution in [3.63, 3.8) is 0 Å². The molecule has 3 nitrogen and oxygen atoms in total. The van der Waals surface area contributed by atoms with Gasteiger partial charge in [0.15, 0.2) is 5.78 Å². The lowest BCUT2D eigenvalue weighted by atomic mass is 9.99. The largest absolute Gasteiger partial charge is 0.508 e. The summed E-state index contributed by atoms with van der Waals surface area (Å²) in [5.74, 6) is 0.330. The average Bonchev–Trinajstić information content (AvgIpc) is 2.20. The molecule has 0 aliphatic carbocycles. The molecule has 1 aromatic carbocycles. The van der Waals surface area contributed by atoms with Gasteiger partial charge in [0.25, 0.3) is 0 Å². The number of phenolic OH excluding ortho intramolecular Hbond substituents is 1. The van der Waals surface area contributed by atoms with Gasteiger partial charge in [0, 0.05) is 12.8 Å². The van der Waals surface area contributed by atoms with Crippen LogP contribution in [0.1, 0.15) is 25.8 Å². The van der Waals surface area contributed by atoms with Gasteiger partial charge >= 0.3 is 0 Å². The first kappa shape index (κ1) is 12.7. The first-order valence-electron chi connectivity index (χ1n) is 5.47. The Hall–Kier alpha value is -1.35. The van der Waals surface area contributed by atoms with Crippen molar-refractivity contribution in [1.82, 2.24) is 0 Å². The van der Waals surface area contributed by atoms with E-state index in [-0.39, 0.29) is 17.5 Å². The summed E-state index contributed by atoms with van der Waals surface area (Å²) in [6.07, 6.45) is -0.225. The summed E-state index contributed by atoms with van der Waals surface area (Å²) >= 11 is 0. The fourth-order valence-electron chi connectivity index (χ4n) is 1.51. The number of aliphatic hydroxyl groups is 1. The molecule has 0 heterocycles. The SMILES string of the molecule is CC(C)CC(=O)[C@@H](O)Cc1ccc(O)cc1. The standard InChI is InChI=1S/C13H18O3/c1-9(2)7-12(15)13(16)8-10-3-5-11(14)6-4-10/h3-6,9,13-14,16H,7-8H2,1-2H3/t13-/m0/s1. The molecule has 16 heavy (non-hydrogen) atoms. The second kappa shape index (κ2) is 5.66. The van der Waals surface area contributed by atoms with Crippen molar-refractivity contribution in [3.05, 3.63) is 29.8 Å². The van der Waals surface area contributed by atoms with Crippen molar-refractivity contribution in [2.45, 2.75) is 32.8 Å². The highest BCUT2D eigenvalue weighted by atomic mass is 16.3. The number of phenols is 1. The van der Waals surface area contributed by atoms with Crippen molar-refractivity contribution in [1.29, 1.82) is 0 Å². The molecule has 0 bridgehead atoms. The number of aromatic hydroxyl groups is 1. The summed E-state index contributed by atoms with van der Waals surface area (Å²) in [6.45, 7) is 3.90. The predicted molar refractivity (Wildman–Crippen MR) is 62.3 cm³/mol. The maximum absolute atomic E-state index is 11.5. The monoisotopic (exact) mass is 222 g/mol. The maximum atomic E-state index is 11.5. The number of hydrogen-bond acceptors (Lipinski definition) is 3. The van der Waals surface area contributed by atoms with Crippen molar-refractivity contribution in [2.24, 2.45) is 5.92 Å². The normalized spacial score (nSPS) is 12.8. The molecule has 0 radical (unpaired) electrons. The zero-order valence-corrected chi connectivity index (χ0v) is 9.68. The fourth-order valence-corrected chi connectivity index (χ4v) is 1.51. The number of ketones is 1. The molecule has 0 amide bonds. The molecule has 0 unspecified atom stereocenters. The lowest BCUT2D eigenvalue weighted by Gasteiger charge is -2.11. The van der Waals surface area contributed by atoms with Crippen molar-refractivity contribution in [3.8, 4) is 5.75 Å². The number of rotatable bonds is 5. The van der Waals surface area contributed by atoms with Crippen LogP contribution in [0.5, 0.6) is 5.75 Å². The third-order valence-electron chi connectivity index (χ3n) is 2.35. The summed E-state index contributed by atoms with van der Waals surface area (Å²) in [5, 5.41) is 18.8. The predicted octanol–water partition coefficient (Wildman–Crippen LogP) is 1.91. The molecule has 88 valence electrons. The number of benzene rings is 1. The van der Waals surface area contributed by atoms with E-state index in [2.05, 4.69) is 0 Å². The van der Waals surface area contributed by atoms with E-state index in [9.17, 15) is 9.90 Å². The van der Waals surface area contributed by atoms with Gasteiger partial charge in [-0.25, -0.2) is 0 Å². The lowest BCUT2D eigenvalue weighted by Crippen LogP contribution is -2.24. The Morgan fingerprint density at radius 2 is 1.81 bits per heavy atom. The molecule has 0 aliphatic rings. The van der Waals surface area contributed by atoms with Gasteiger partial charge in [-0.1, -0.05) is 26.0 Å². The van der Waals surface area contributed by atoms with E-state index in [1.165, 1.54) is 0 Å². The van der Waals surface area contributed by atoms with Gasteiger partial charge < -0.3 is 10.2 Å². The van der Waals surface area contributed by atoms with Crippen LogP contribution < -0.4 is 0 Å². The minimum Gasteiger partial charge on any atom is -0.508 e. The molecule has 0 fully saturated rings. The van der Waals surface area contributed by atoms with Crippen LogP contribution in [0.4, 0.5) is 0 Å². The molecule has 1 aromatic rings. The fraction of sp³-hybridized carbons (Fsp3) is 0.462. The van der Waals surface area contributed by atoms with Gasteiger partial charge in [-0.05, 0) is 23.6 Å². The molecule has 0 saturated carbocycles. The summed E-state index contributed by atoms with van der Waals surface area (Å²) in [7, 11) is 0. The van der Waals surface area contributed by atoms with E-state index in [0.29, 0.717) is 12.8 Å². The van der Waals surface area contributed by atoms with E-state index >= 15 is 0 Å². The number of Topliss-reactive ketones (excluding diaryl/α,β-unsaturated/α-hetero) is 1. The first-order valence-corrected chi connectivity index (χ1v) is 5.47. The quantitative estimate of drug-likeness (QED) is 0.800. The molecule has 3 heteroatoms. The third-order valence-corrected chi connectivity index (χ3v) is 2.35. The van der Waals surface area contributed by atoms with Crippen LogP contribution in [0.2, 0.25) is 0 Å². The van der Waals surface area contributed by atoms with Gasteiger partial charge in [-0.3, -0.25) is 4.79 Å². The highest BCUT2D eigenvalue weighted by Gasteiger charge is 2.16. The summed E-state index contributed by atoms with van der Waals surface area (Å²) in [4.78, 5) is 11.5. The van der Waals surface area contributed by atoms with Crippen LogP contribution in [0, 0.1) is 5.92 Å². The smallest absolute Gasteiger partial charge is 0.161 e. The molecule has 1 rings (SSSR count). The van der Waals surface area contributed by atoms with Crippen molar-refractivity contribution < 1.29 is 15.0 Å². The Bertz CT molecular complexity index is 341.